The van der Waals surface area contributed by atoms with Gasteiger partial charge < -0.3 is 14.9 Å². The quantitative estimate of drug-likeness (QED) is 0.834. The molecule has 0 aliphatic carbocycles. The highest BCUT2D eigenvalue weighted by molar-refractivity contribution is 5.95. The highest BCUT2D eigenvalue weighted by Crippen LogP contribution is 2.27. The molecule has 0 saturated carbocycles. The number of hydrogen-bond donors (Lipinski definition) is 1. The van der Waals surface area contributed by atoms with Crippen LogP contribution >= 0.6 is 0 Å². The van der Waals surface area contributed by atoms with Crippen molar-refractivity contribution in [2.24, 2.45) is 11.8 Å². The Kier molecular flexibility index (Phi) is 6.16. The molecule has 2 aromatic rings. The van der Waals surface area contributed by atoms with Gasteiger partial charge in [-0.25, -0.2) is 9.97 Å². The number of hydrogen-bond acceptors (Lipinski definition) is 6. The lowest BCUT2D eigenvalue weighted by molar-refractivity contribution is 0.0777. The van der Waals surface area contributed by atoms with Crippen LogP contribution in [-0.2, 0) is 0 Å². The van der Waals surface area contributed by atoms with Gasteiger partial charge in [0.05, 0.1) is 11.3 Å². The van der Waals surface area contributed by atoms with Crippen LogP contribution < -0.4 is 0 Å². The molecule has 2 aromatic heterocycles. The van der Waals surface area contributed by atoms with E-state index in [0.717, 1.165) is 25.2 Å². The number of pyridine rings is 1. The van der Waals surface area contributed by atoms with E-state index in [0.29, 0.717) is 36.1 Å². The van der Waals surface area contributed by atoms with Crippen molar-refractivity contribution in [1.29, 1.82) is 0 Å². The lowest BCUT2D eigenvalue weighted by Crippen LogP contribution is -2.37. The van der Waals surface area contributed by atoms with E-state index in [2.05, 4.69) is 19.9 Å². The summed E-state index contributed by atoms with van der Waals surface area (Å²) < 4.78 is 0. The molecule has 2 aliphatic heterocycles. The number of carbonyl (C=O) groups is 1. The maximum Gasteiger partial charge on any atom is 0.257 e. The molecule has 4 rings (SSSR count). The van der Waals surface area contributed by atoms with Crippen molar-refractivity contribution < 1.29 is 9.90 Å². The summed E-state index contributed by atoms with van der Waals surface area (Å²) in [7, 11) is 0. The lowest BCUT2D eigenvalue weighted by atomic mass is 9.95. The van der Waals surface area contributed by atoms with Crippen LogP contribution in [0.5, 0.6) is 0 Å². The minimum absolute atomic E-state index is 0.0418. The Morgan fingerprint density at radius 1 is 1.17 bits per heavy atom. The third kappa shape index (κ3) is 4.46. The second-order valence-electron chi connectivity index (χ2n) is 8.21. The van der Waals surface area contributed by atoms with E-state index in [1.807, 2.05) is 24.0 Å². The van der Waals surface area contributed by atoms with Gasteiger partial charge in [0.15, 0.2) is 5.82 Å². The average molecular weight is 396 g/mol. The van der Waals surface area contributed by atoms with Crippen molar-refractivity contribution in [3.63, 3.8) is 0 Å². The molecule has 2 atom stereocenters. The summed E-state index contributed by atoms with van der Waals surface area (Å²) in [5.41, 5.74) is 2.04. The molecule has 4 heterocycles. The zero-order valence-corrected chi connectivity index (χ0v) is 17.0. The highest BCUT2D eigenvalue weighted by atomic mass is 16.3. The van der Waals surface area contributed by atoms with Crippen LogP contribution in [0.1, 0.15) is 35.3 Å². The number of aliphatic hydroxyl groups is 1. The fourth-order valence-electron chi connectivity index (χ4n) is 4.47. The van der Waals surface area contributed by atoms with Crippen LogP contribution in [-0.4, -0.2) is 75.1 Å². The molecule has 0 aromatic carbocycles. The first-order valence-electron chi connectivity index (χ1n) is 10.5. The van der Waals surface area contributed by atoms with Gasteiger partial charge in [-0.2, -0.15) is 0 Å². The molecule has 0 bridgehead atoms. The summed E-state index contributed by atoms with van der Waals surface area (Å²) in [6.45, 7) is 6.47. The van der Waals surface area contributed by atoms with Gasteiger partial charge in [0, 0.05) is 56.3 Å². The van der Waals surface area contributed by atoms with E-state index >= 15 is 0 Å². The van der Waals surface area contributed by atoms with Crippen molar-refractivity contribution in [3.05, 3.63) is 42.0 Å². The van der Waals surface area contributed by atoms with Crippen LogP contribution in [0.15, 0.2) is 30.7 Å². The van der Waals surface area contributed by atoms with Crippen molar-refractivity contribution in [1.82, 2.24) is 24.8 Å². The Morgan fingerprint density at radius 3 is 2.66 bits per heavy atom. The molecule has 2 fully saturated rings. The van der Waals surface area contributed by atoms with Crippen LogP contribution in [0.25, 0.3) is 11.4 Å². The molecular weight excluding hydrogens is 366 g/mol. The first-order chi connectivity index (χ1) is 14.2. The topological polar surface area (TPSA) is 82.5 Å². The molecule has 1 N–H and O–H groups in total. The molecule has 7 heteroatoms. The smallest absolute Gasteiger partial charge is 0.257 e. The van der Waals surface area contributed by atoms with Crippen molar-refractivity contribution in [2.45, 2.75) is 26.2 Å². The molecule has 7 nitrogen and oxygen atoms in total. The monoisotopic (exact) mass is 395 g/mol. The predicted octanol–water partition coefficient (Wildman–Crippen LogP) is 2.01. The molecule has 29 heavy (non-hydrogen) atoms. The average Bonchev–Trinajstić information content (AvgIpc) is 3.17. The van der Waals surface area contributed by atoms with Crippen LogP contribution in [0.4, 0.5) is 0 Å². The van der Waals surface area contributed by atoms with E-state index in [1.165, 1.54) is 19.3 Å². The molecule has 1 amide bonds. The second kappa shape index (κ2) is 8.97. The number of aliphatic hydroxyl groups excluding tert-OH is 1. The van der Waals surface area contributed by atoms with Crippen LogP contribution in [0.2, 0.25) is 0 Å². The maximum atomic E-state index is 13.2. The number of likely N-dealkylation sites (tertiary alicyclic amines) is 2. The van der Waals surface area contributed by atoms with Gasteiger partial charge in [-0.3, -0.25) is 9.78 Å². The highest BCUT2D eigenvalue weighted by Gasteiger charge is 2.36. The van der Waals surface area contributed by atoms with Crippen LogP contribution in [0, 0.1) is 18.8 Å². The molecule has 0 unspecified atom stereocenters. The van der Waals surface area contributed by atoms with Crippen LogP contribution in [0.3, 0.4) is 0 Å². The fraction of sp³-hybridized carbons (Fsp3) is 0.545. The summed E-state index contributed by atoms with van der Waals surface area (Å²) in [5, 5.41) is 9.87. The number of carbonyl (C=O) groups excluding carboxylic acids is 1. The van der Waals surface area contributed by atoms with Crippen molar-refractivity contribution in [3.8, 4) is 11.4 Å². The first kappa shape index (κ1) is 19.9. The zero-order chi connectivity index (χ0) is 20.2. The molecule has 0 spiro atoms. The van der Waals surface area contributed by atoms with Crippen molar-refractivity contribution >= 4 is 5.91 Å². The largest absolute Gasteiger partial charge is 0.396 e. The Bertz CT molecular complexity index is 838. The summed E-state index contributed by atoms with van der Waals surface area (Å²) in [6, 6.07) is 3.75. The van der Waals surface area contributed by atoms with Gasteiger partial charge in [0.1, 0.15) is 0 Å². The number of amides is 1. The SMILES string of the molecule is Cc1nc(-c2cccnc2)ncc1C(=O)N1C[C@@H](CN2CCCCC2)[C@@H](CO)C1. The van der Waals surface area contributed by atoms with E-state index < -0.39 is 0 Å². The van der Waals surface area contributed by atoms with E-state index in [1.54, 1.807) is 18.6 Å². The first-order valence-corrected chi connectivity index (χ1v) is 10.5. The number of aryl methyl sites for hydroxylation is 1. The third-order valence-corrected chi connectivity index (χ3v) is 6.17. The normalized spacial score (nSPS) is 22.8. The van der Waals surface area contributed by atoms with Gasteiger partial charge >= 0.3 is 0 Å². The summed E-state index contributed by atoms with van der Waals surface area (Å²) in [5.74, 6) is 0.985. The summed E-state index contributed by atoms with van der Waals surface area (Å²) in [6.07, 6.45) is 8.85. The Morgan fingerprint density at radius 2 is 1.97 bits per heavy atom. The number of aromatic nitrogens is 3. The Balaban J connectivity index is 1.46. The summed E-state index contributed by atoms with van der Waals surface area (Å²) >= 11 is 0. The van der Waals surface area contributed by atoms with E-state index in [4.69, 9.17) is 0 Å². The molecule has 2 saturated heterocycles. The standard InChI is InChI=1S/C22H29N5O2/c1-16-20(11-24-21(25-16)17-6-5-7-23-10-17)22(29)27-13-18(19(14-27)15-28)12-26-8-3-2-4-9-26/h5-7,10-11,18-19,28H,2-4,8-9,12-15H2,1H3/t18-,19-/m1/s1. The number of rotatable bonds is 5. The zero-order valence-electron chi connectivity index (χ0n) is 17.0. The summed E-state index contributed by atoms with van der Waals surface area (Å²) in [4.78, 5) is 30.5. The fourth-order valence-corrected chi connectivity index (χ4v) is 4.47. The lowest BCUT2D eigenvalue weighted by Gasteiger charge is -2.30. The number of nitrogens with zero attached hydrogens (tertiary/aromatic N) is 5. The third-order valence-electron chi connectivity index (χ3n) is 6.17. The van der Waals surface area contributed by atoms with Gasteiger partial charge in [0.2, 0.25) is 0 Å². The van der Waals surface area contributed by atoms with Crippen molar-refractivity contribution in [2.75, 3.05) is 39.3 Å². The van der Waals surface area contributed by atoms with Gasteiger partial charge in [-0.1, -0.05) is 6.42 Å². The van der Waals surface area contributed by atoms with E-state index in [-0.39, 0.29) is 18.4 Å². The Labute approximate surface area is 171 Å². The van der Waals surface area contributed by atoms with Gasteiger partial charge in [-0.15, -0.1) is 0 Å². The maximum absolute atomic E-state index is 13.2. The minimum Gasteiger partial charge on any atom is -0.396 e. The number of piperidine rings is 1. The molecular formula is C22H29N5O2. The minimum atomic E-state index is -0.0418. The molecule has 2 aliphatic rings. The van der Waals surface area contributed by atoms with E-state index in [9.17, 15) is 9.90 Å². The van der Waals surface area contributed by atoms with Gasteiger partial charge in [0.25, 0.3) is 5.91 Å². The predicted molar refractivity (Wildman–Crippen MR) is 110 cm³/mol. The molecule has 0 radical (unpaired) electrons. The molecule has 154 valence electrons. The second-order valence-corrected chi connectivity index (χ2v) is 8.21. The Hall–Kier alpha value is -2.38. The van der Waals surface area contributed by atoms with Gasteiger partial charge in [-0.05, 0) is 50.9 Å².